The molecule has 0 saturated carbocycles. The SMILES string of the molecule is Cc1ccccc1C(=O)N/N=C\c1cc(Cl)ccc1OCc1ccc(Cl)cc1Cl. The van der Waals surface area contributed by atoms with Crippen LogP contribution in [0.15, 0.2) is 65.8 Å². The molecular weight excluding hydrogens is 431 g/mol. The molecule has 0 aliphatic rings. The van der Waals surface area contributed by atoms with Crippen LogP contribution in [0.25, 0.3) is 0 Å². The van der Waals surface area contributed by atoms with E-state index in [4.69, 9.17) is 39.5 Å². The predicted octanol–water partition coefficient (Wildman–Crippen LogP) is 6.30. The molecule has 29 heavy (non-hydrogen) atoms. The van der Waals surface area contributed by atoms with Crippen molar-refractivity contribution in [3.8, 4) is 5.75 Å². The summed E-state index contributed by atoms with van der Waals surface area (Å²) in [5, 5.41) is 5.64. The first-order valence-corrected chi connectivity index (χ1v) is 9.83. The minimum Gasteiger partial charge on any atom is -0.488 e. The summed E-state index contributed by atoms with van der Waals surface area (Å²) in [5.74, 6) is 0.256. The lowest BCUT2D eigenvalue weighted by atomic mass is 10.1. The van der Waals surface area contributed by atoms with Crippen LogP contribution in [-0.4, -0.2) is 12.1 Å². The highest BCUT2D eigenvalue weighted by Crippen LogP contribution is 2.25. The van der Waals surface area contributed by atoms with Crippen molar-refractivity contribution in [3.63, 3.8) is 0 Å². The van der Waals surface area contributed by atoms with E-state index < -0.39 is 0 Å². The Balaban J connectivity index is 1.72. The number of ether oxygens (including phenoxy) is 1. The van der Waals surface area contributed by atoms with E-state index >= 15 is 0 Å². The van der Waals surface area contributed by atoms with Crippen LogP contribution in [0.4, 0.5) is 0 Å². The molecule has 4 nitrogen and oxygen atoms in total. The highest BCUT2D eigenvalue weighted by molar-refractivity contribution is 6.35. The minimum absolute atomic E-state index is 0.244. The van der Waals surface area contributed by atoms with Crippen LogP contribution < -0.4 is 10.2 Å². The van der Waals surface area contributed by atoms with Gasteiger partial charge in [-0.1, -0.05) is 59.1 Å². The molecule has 0 bridgehead atoms. The number of halogens is 3. The monoisotopic (exact) mass is 446 g/mol. The van der Waals surface area contributed by atoms with Crippen LogP contribution in [0, 0.1) is 6.92 Å². The van der Waals surface area contributed by atoms with Crippen LogP contribution in [0.5, 0.6) is 5.75 Å². The first-order valence-electron chi connectivity index (χ1n) is 8.69. The average molecular weight is 448 g/mol. The molecule has 0 saturated heterocycles. The van der Waals surface area contributed by atoms with Crippen molar-refractivity contribution in [2.75, 3.05) is 0 Å². The average Bonchev–Trinajstić information content (AvgIpc) is 2.69. The Morgan fingerprint density at radius 2 is 1.76 bits per heavy atom. The summed E-state index contributed by atoms with van der Waals surface area (Å²) in [6.07, 6.45) is 1.49. The lowest BCUT2D eigenvalue weighted by Gasteiger charge is -2.11. The van der Waals surface area contributed by atoms with Gasteiger partial charge in [-0.2, -0.15) is 5.10 Å². The first-order chi connectivity index (χ1) is 13.9. The van der Waals surface area contributed by atoms with Crippen LogP contribution >= 0.6 is 34.8 Å². The number of carbonyl (C=O) groups is 1. The molecule has 0 spiro atoms. The Morgan fingerprint density at radius 1 is 1.03 bits per heavy atom. The maximum atomic E-state index is 12.3. The molecule has 7 heteroatoms. The highest BCUT2D eigenvalue weighted by Gasteiger charge is 2.08. The number of carbonyl (C=O) groups excluding carboxylic acids is 1. The van der Waals surface area contributed by atoms with Crippen LogP contribution in [-0.2, 0) is 6.61 Å². The molecule has 0 heterocycles. The fourth-order valence-corrected chi connectivity index (χ4v) is 3.24. The standard InChI is InChI=1S/C22H17Cl3N2O2/c1-14-4-2-3-5-19(14)22(28)27-26-12-16-10-17(23)8-9-21(16)29-13-15-6-7-18(24)11-20(15)25/h2-12H,13H2,1H3,(H,27,28)/b26-12-. The number of hydrazone groups is 1. The summed E-state index contributed by atoms with van der Waals surface area (Å²) in [7, 11) is 0. The molecule has 0 unspecified atom stereocenters. The minimum atomic E-state index is -0.295. The van der Waals surface area contributed by atoms with Crippen molar-refractivity contribution in [2.24, 2.45) is 5.10 Å². The predicted molar refractivity (Wildman–Crippen MR) is 118 cm³/mol. The van der Waals surface area contributed by atoms with Gasteiger partial charge in [0.2, 0.25) is 0 Å². The van der Waals surface area contributed by atoms with Gasteiger partial charge in [-0.25, -0.2) is 5.43 Å². The second-order valence-electron chi connectivity index (χ2n) is 6.22. The number of hydrogen-bond donors (Lipinski definition) is 1. The van der Waals surface area contributed by atoms with E-state index in [-0.39, 0.29) is 12.5 Å². The van der Waals surface area contributed by atoms with Crippen molar-refractivity contribution in [2.45, 2.75) is 13.5 Å². The van der Waals surface area contributed by atoms with Gasteiger partial charge in [0.05, 0.1) is 6.21 Å². The number of amides is 1. The van der Waals surface area contributed by atoms with Gasteiger partial charge in [0, 0.05) is 31.8 Å². The van der Waals surface area contributed by atoms with E-state index in [0.29, 0.717) is 31.9 Å². The summed E-state index contributed by atoms with van der Waals surface area (Å²) >= 11 is 18.2. The number of aryl methyl sites for hydroxylation is 1. The molecule has 0 aliphatic heterocycles. The molecule has 0 radical (unpaired) electrons. The lowest BCUT2D eigenvalue weighted by molar-refractivity contribution is 0.0954. The van der Waals surface area contributed by atoms with Gasteiger partial charge in [-0.05, 0) is 48.9 Å². The van der Waals surface area contributed by atoms with Crippen molar-refractivity contribution in [1.82, 2.24) is 5.43 Å². The van der Waals surface area contributed by atoms with Crippen molar-refractivity contribution in [3.05, 3.63) is 98.0 Å². The Hall–Kier alpha value is -2.53. The van der Waals surface area contributed by atoms with E-state index in [1.165, 1.54) is 6.21 Å². The number of nitrogens with one attached hydrogen (secondary N) is 1. The Bertz CT molecular complexity index is 1070. The van der Waals surface area contributed by atoms with Crippen LogP contribution in [0.2, 0.25) is 15.1 Å². The summed E-state index contributed by atoms with van der Waals surface area (Å²) < 4.78 is 5.87. The number of nitrogens with zero attached hydrogens (tertiary/aromatic N) is 1. The van der Waals surface area contributed by atoms with Gasteiger partial charge < -0.3 is 4.74 Å². The van der Waals surface area contributed by atoms with Gasteiger partial charge in [0.25, 0.3) is 5.91 Å². The van der Waals surface area contributed by atoms with Gasteiger partial charge in [0.1, 0.15) is 12.4 Å². The van der Waals surface area contributed by atoms with E-state index in [1.54, 1.807) is 48.5 Å². The van der Waals surface area contributed by atoms with Crippen molar-refractivity contribution >= 4 is 46.9 Å². The zero-order valence-corrected chi connectivity index (χ0v) is 17.7. The molecule has 0 atom stereocenters. The summed E-state index contributed by atoms with van der Waals surface area (Å²) in [4.78, 5) is 12.3. The van der Waals surface area contributed by atoms with Gasteiger partial charge in [0.15, 0.2) is 0 Å². The quantitative estimate of drug-likeness (QED) is 0.356. The Kier molecular flexibility index (Phi) is 7.15. The van der Waals surface area contributed by atoms with E-state index in [9.17, 15) is 4.79 Å². The maximum Gasteiger partial charge on any atom is 0.271 e. The zero-order valence-electron chi connectivity index (χ0n) is 15.5. The van der Waals surface area contributed by atoms with E-state index in [2.05, 4.69) is 10.5 Å². The molecule has 3 aromatic carbocycles. The van der Waals surface area contributed by atoms with E-state index in [0.717, 1.165) is 11.1 Å². The van der Waals surface area contributed by atoms with Crippen LogP contribution in [0.1, 0.15) is 27.0 Å². The van der Waals surface area contributed by atoms with Crippen molar-refractivity contribution in [1.29, 1.82) is 0 Å². The molecule has 148 valence electrons. The molecule has 0 aliphatic carbocycles. The molecular formula is C22H17Cl3N2O2. The van der Waals surface area contributed by atoms with Gasteiger partial charge in [-0.3, -0.25) is 4.79 Å². The summed E-state index contributed by atoms with van der Waals surface area (Å²) in [6.45, 7) is 2.11. The second kappa shape index (κ2) is 9.79. The maximum absolute atomic E-state index is 12.3. The van der Waals surface area contributed by atoms with Crippen molar-refractivity contribution < 1.29 is 9.53 Å². The van der Waals surface area contributed by atoms with Gasteiger partial charge >= 0.3 is 0 Å². The topological polar surface area (TPSA) is 50.7 Å². The largest absolute Gasteiger partial charge is 0.488 e. The Labute approximate surface area is 184 Å². The fraction of sp³-hybridized carbons (Fsp3) is 0.0909. The molecule has 1 amide bonds. The zero-order chi connectivity index (χ0) is 20.8. The van der Waals surface area contributed by atoms with Gasteiger partial charge in [-0.15, -0.1) is 0 Å². The normalized spacial score (nSPS) is 10.9. The molecule has 0 fully saturated rings. The van der Waals surface area contributed by atoms with Crippen LogP contribution in [0.3, 0.4) is 0 Å². The molecule has 3 aromatic rings. The number of benzene rings is 3. The molecule has 3 rings (SSSR count). The highest BCUT2D eigenvalue weighted by atomic mass is 35.5. The summed E-state index contributed by atoms with van der Waals surface area (Å²) in [5.41, 5.74) is 5.36. The third-order valence-electron chi connectivity index (χ3n) is 4.13. The molecule has 0 aromatic heterocycles. The number of rotatable bonds is 6. The van der Waals surface area contributed by atoms with E-state index in [1.807, 2.05) is 19.1 Å². The third kappa shape index (κ3) is 5.73. The second-order valence-corrected chi connectivity index (χ2v) is 7.50. The third-order valence-corrected chi connectivity index (χ3v) is 4.95. The molecule has 1 N–H and O–H groups in total. The summed E-state index contributed by atoms with van der Waals surface area (Å²) in [6, 6.07) is 17.6. The number of hydrogen-bond acceptors (Lipinski definition) is 3. The first kappa shape index (κ1) is 21.2. The Morgan fingerprint density at radius 3 is 2.52 bits per heavy atom. The fourth-order valence-electron chi connectivity index (χ4n) is 2.59. The lowest BCUT2D eigenvalue weighted by Crippen LogP contribution is -2.18. The smallest absolute Gasteiger partial charge is 0.271 e.